The van der Waals surface area contributed by atoms with Crippen LogP contribution in [0.5, 0.6) is 0 Å². The molecule has 102 valence electrons. The third kappa shape index (κ3) is 5.55. The predicted molar refractivity (Wildman–Crippen MR) is 70.5 cm³/mol. The van der Waals surface area contributed by atoms with E-state index in [0.29, 0.717) is 6.61 Å². The Bertz CT molecular complexity index is 313. The zero-order valence-corrected chi connectivity index (χ0v) is 11.6. The van der Waals surface area contributed by atoms with Gasteiger partial charge >= 0.3 is 11.9 Å². The average Bonchev–Trinajstić information content (AvgIpc) is 2.42. The van der Waals surface area contributed by atoms with Crippen LogP contribution in [0.15, 0.2) is 12.2 Å². The Balaban J connectivity index is 2.24. The van der Waals surface area contributed by atoms with Gasteiger partial charge in [-0.05, 0) is 6.92 Å². The van der Waals surface area contributed by atoms with Crippen molar-refractivity contribution in [3.63, 3.8) is 0 Å². The minimum absolute atomic E-state index is 0.210. The second-order valence-electron chi connectivity index (χ2n) is 3.98. The number of hydrogen-bond donors (Lipinski definition) is 0. The summed E-state index contributed by atoms with van der Waals surface area (Å²) in [5.41, 5.74) is 0. The van der Waals surface area contributed by atoms with Crippen molar-refractivity contribution in [2.24, 2.45) is 0 Å². The summed E-state index contributed by atoms with van der Waals surface area (Å²) in [5, 5.41) is 0. The molecule has 1 unspecified atom stereocenters. The maximum atomic E-state index is 11.3. The van der Waals surface area contributed by atoms with Gasteiger partial charge in [0.15, 0.2) is 0 Å². The summed E-state index contributed by atoms with van der Waals surface area (Å²) < 4.78 is 9.45. The van der Waals surface area contributed by atoms with E-state index in [9.17, 15) is 9.59 Å². The Kier molecular flexibility index (Phi) is 6.82. The van der Waals surface area contributed by atoms with Crippen LogP contribution in [0.1, 0.15) is 6.92 Å². The first-order chi connectivity index (χ1) is 8.63. The first-order valence-electron chi connectivity index (χ1n) is 5.88. The van der Waals surface area contributed by atoms with Gasteiger partial charge < -0.3 is 9.47 Å². The summed E-state index contributed by atoms with van der Waals surface area (Å²) in [4.78, 5) is 24.4. The van der Waals surface area contributed by atoms with E-state index in [0.717, 1.165) is 36.7 Å². The Labute approximate surface area is 111 Å². The molecule has 1 aliphatic rings. The Morgan fingerprint density at radius 1 is 1.28 bits per heavy atom. The van der Waals surface area contributed by atoms with Crippen molar-refractivity contribution in [3.05, 3.63) is 12.2 Å². The molecule has 0 spiro atoms. The molecule has 18 heavy (non-hydrogen) atoms. The molecular weight excluding hydrogens is 254 g/mol. The Hall–Kier alpha value is -1.01. The molecule has 1 aliphatic heterocycles. The highest BCUT2D eigenvalue weighted by molar-refractivity contribution is 7.99. The van der Waals surface area contributed by atoms with E-state index in [2.05, 4.69) is 9.64 Å². The number of methoxy groups -OCH3 is 1. The van der Waals surface area contributed by atoms with Crippen molar-refractivity contribution in [2.75, 3.05) is 38.3 Å². The van der Waals surface area contributed by atoms with E-state index in [1.807, 2.05) is 18.7 Å². The standard InChI is InChI=1S/C12H19NO4S/c1-10(13-5-7-18-8-6-13)9-17-12(15)4-3-11(14)16-2/h3-4,10H,5-9H2,1-2H3/b4-3+. The van der Waals surface area contributed by atoms with E-state index in [1.54, 1.807) is 0 Å². The normalized spacial score (nSPS) is 18.6. The smallest absolute Gasteiger partial charge is 0.331 e. The zero-order chi connectivity index (χ0) is 13.4. The fourth-order valence-electron chi connectivity index (χ4n) is 1.58. The molecule has 0 aliphatic carbocycles. The van der Waals surface area contributed by atoms with Gasteiger partial charge in [-0.15, -0.1) is 0 Å². The lowest BCUT2D eigenvalue weighted by Crippen LogP contribution is -2.42. The second-order valence-corrected chi connectivity index (χ2v) is 5.21. The summed E-state index contributed by atoms with van der Waals surface area (Å²) in [6, 6.07) is 0.210. The van der Waals surface area contributed by atoms with Crippen molar-refractivity contribution < 1.29 is 19.1 Å². The summed E-state index contributed by atoms with van der Waals surface area (Å²) in [7, 11) is 1.26. The first kappa shape index (κ1) is 15.0. The lowest BCUT2D eigenvalue weighted by Gasteiger charge is -2.31. The first-order valence-corrected chi connectivity index (χ1v) is 7.03. The molecular formula is C12H19NO4S. The fraction of sp³-hybridized carbons (Fsp3) is 0.667. The lowest BCUT2D eigenvalue weighted by molar-refractivity contribution is -0.140. The number of nitrogens with zero attached hydrogens (tertiary/aromatic N) is 1. The maximum absolute atomic E-state index is 11.3. The van der Waals surface area contributed by atoms with Crippen LogP contribution >= 0.6 is 11.8 Å². The molecule has 0 amide bonds. The highest BCUT2D eigenvalue weighted by Gasteiger charge is 2.17. The van der Waals surface area contributed by atoms with Crippen LogP contribution in [-0.2, 0) is 19.1 Å². The van der Waals surface area contributed by atoms with E-state index < -0.39 is 11.9 Å². The van der Waals surface area contributed by atoms with Gasteiger partial charge in [0, 0.05) is 42.8 Å². The van der Waals surface area contributed by atoms with E-state index in [1.165, 1.54) is 7.11 Å². The monoisotopic (exact) mass is 273 g/mol. The molecule has 1 rings (SSSR count). The molecule has 6 heteroatoms. The van der Waals surface area contributed by atoms with E-state index >= 15 is 0 Å². The van der Waals surface area contributed by atoms with Gasteiger partial charge in [-0.3, -0.25) is 4.90 Å². The van der Waals surface area contributed by atoms with Gasteiger partial charge in [-0.25, -0.2) is 9.59 Å². The quantitative estimate of drug-likeness (QED) is 0.543. The van der Waals surface area contributed by atoms with Crippen molar-refractivity contribution in [3.8, 4) is 0 Å². The summed E-state index contributed by atoms with van der Waals surface area (Å²) in [6.07, 6.45) is 2.15. The van der Waals surface area contributed by atoms with Crippen LogP contribution in [0.3, 0.4) is 0 Å². The number of hydrogen-bond acceptors (Lipinski definition) is 6. The van der Waals surface area contributed by atoms with Gasteiger partial charge in [-0.1, -0.05) is 0 Å². The third-order valence-corrected chi connectivity index (χ3v) is 3.63. The molecule has 1 fully saturated rings. The van der Waals surface area contributed by atoms with Crippen molar-refractivity contribution >= 4 is 23.7 Å². The SMILES string of the molecule is COC(=O)/C=C/C(=O)OCC(C)N1CCSCC1. The third-order valence-electron chi connectivity index (χ3n) is 2.69. The van der Waals surface area contributed by atoms with Gasteiger partial charge in [0.2, 0.25) is 0 Å². The average molecular weight is 273 g/mol. The van der Waals surface area contributed by atoms with Gasteiger partial charge in [0.1, 0.15) is 6.61 Å². The van der Waals surface area contributed by atoms with Crippen molar-refractivity contribution in [2.45, 2.75) is 13.0 Å². The van der Waals surface area contributed by atoms with Gasteiger partial charge in [0.05, 0.1) is 7.11 Å². The van der Waals surface area contributed by atoms with E-state index in [-0.39, 0.29) is 6.04 Å². The van der Waals surface area contributed by atoms with Crippen LogP contribution in [0.25, 0.3) is 0 Å². The Morgan fingerprint density at radius 2 is 1.89 bits per heavy atom. The second kappa shape index (κ2) is 8.16. The predicted octanol–water partition coefficient (Wildman–Crippen LogP) is 0.696. The maximum Gasteiger partial charge on any atom is 0.331 e. The number of rotatable bonds is 5. The van der Waals surface area contributed by atoms with E-state index in [4.69, 9.17) is 4.74 Å². The summed E-state index contributed by atoms with van der Waals surface area (Å²) in [6.45, 7) is 4.44. The molecule has 0 aromatic heterocycles. The fourth-order valence-corrected chi connectivity index (χ4v) is 2.51. The highest BCUT2D eigenvalue weighted by atomic mass is 32.2. The summed E-state index contributed by atoms with van der Waals surface area (Å²) in [5.74, 6) is 1.17. The minimum Gasteiger partial charge on any atom is -0.466 e. The van der Waals surface area contributed by atoms with Crippen molar-refractivity contribution in [1.82, 2.24) is 4.90 Å². The molecule has 0 aromatic rings. The minimum atomic E-state index is -0.562. The van der Waals surface area contributed by atoms with Crippen LogP contribution < -0.4 is 0 Å². The number of ether oxygens (including phenoxy) is 2. The molecule has 1 atom stereocenters. The number of carbonyl (C=O) groups excluding carboxylic acids is 2. The Morgan fingerprint density at radius 3 is 2.50 bits per heavy atom. The molecule has 0 N–H and O–H groups in total. The van der Waals surface area contributed by atoms with Gasteiger partial charge in [-0.2, -0.15) is 11.8 Å². The van der Waals surface area contributed by atoms with Crippen molar-refractivity contribution in [1.29, 1.82) is 0 Å². The zero-order valence-electron chi connectivity index (χ0n) is 10.8. The highest BCUT2D eigenvalue weighted by Crippen LogP contribution is 2.12. The molecule has 0 radical (unpaired) electrons. The lowest BCUT2D eigenvalue weighted by atomic mass is 10.3. The summed E-state index contributed by atoms with van der Waals surface area (Å²) >= 11 is 1.94. The molecule has 1 saturated heterocycles. The molecule has 0 aromatic carbocycles. The molecule has 0 saturated carbocycles. The molecule has 5 nitrogen and oxygen atoms in total. The van der Waals surface area contributed by atoms with Crippen LogP contribution in [0, 0.1) is 0 Å². The largest absolute Gasteiger partial charge is 0.466 e. The van der Waals surface area contributed by atoms with Crippen LogP contribution in [-0.4, -0.2) is 61.2 Å². The van der Waals surface area contributed by atoms with Crippen LogP contribution in [0.2, 0.25) is 0 Å². The topological polar surface area (TPSA) is 55.8 Å². The number of carbonyl (C=O) groups is 2. The molecule has 0 bridgehead atoms. The number of esters is 2. The van der Waals surface area contributed by atoms with Crippen LogP contribution in [0.4, 0.5) is 0 Å². The molecule has 1 heterocycles. The van der Waals surface area contributed by atoms with Gasteiger partial charge in [0.25, 0.3) is 0 Å². The number of thioether (sulfide) groups is 1.